The number of nitrogens with zero attached hydrogens (tertiary/aromatic N) is 1. The first-order valence-corrected chi connectivity index (χ1v) is 6.30. The van der Waals surface area contributed by atoms with Crippen LogP contribution >= 0.6 is 0 Å². The molecule has 0 N–H and O–H groups in total. The van der Waals surface area contributed by atoms with Gasteiger partial charge in [-0.3, -0.25) is 0 Å². The molecule has 0 spiro atoms. The van der Waals surface area contributed by atoms with Crippen LogP contribution < -0.4 is 0 Å². The minimum atomic E-state index is 0.697. The fourth-order valence-corrected chi connectivity index (χ4v) is 2.04. The van der Waals surface area contributed by atoms with Gasteiger partial charge in [0.25, 0.3) is 0 Å². The van der Waals surface area contributed by atoms with Crippen LogP contribution in [0.1, 0.15) is 37.0 Å². The van der Waals surface area contributed by atoms with Crippen molar-refractivity contribution in [2.45, 2.75) is 40.0 Å². The van der Waals surface area contributed by atoms with Crippen molar-refractivity contribution >= 4 is 6.21 Å². The average Bonchev–Trinajstić information content (AvgIpc) is 2.20. The Morgan fingerprint density at radius 1 is 1.35 bits per heavy atom. The van der Waals surface area contributed by atoms with Gasteiger partial charge >= 0.3 is 0 Å². The smallest absolute Gasteiger partial charge is 0.151 e. The van der Waals surface area contributed by atoms with Crippen LogP contribution in [0.5, 0.6) is 0 Å². The summed E-state index contributed by atoms with van der Waals surface area (Å²) in [5.41, 5.74) is 4.09. The van der Waals surface area contributed by atoms with Gasteiger partial charge in [0.15, 0.2) is 6.21 Å². The number of hydroxylamine groups is 1. The molecule has 1 aromatic rings. The quantitative estimate of drug-likeness (QED) is 0.331. The van der Waals surface area contributed by atoms with E-state index in [0.29, 0.717) is 5.92 Å². The van der Waals surface area contributed by atoms with E-state index in [4.69, 9.17) is 0 Å². The van der Waals surface area contributed by atoms with Gasteiger partial charge in [-0.25, -0.2) is 4.74 Å². The van der Waals surface area contributed by atoms with Gasteiger partial charge in [-0.2, -0.15) is 0 Å². The zero-order chi connectivity index (χ0) is 12.8. The lowest BCUT2D eigenvalue weighted by Gasteiger charge is -2.09. The van der Waals surface area contributed by atoms with Crippen molar-refractivity contribution in [1.29, 1.82) is 0 Å². The zero-order valence-corrected chi connectivity index (χ0v) is 11.4. The average molecular weight is 233 g/mol. The third kappa shape index (κ3) is 5.03. The van der Waals surface area contributed by atoms with E-state index in [1.807, 2.05) is 0 Å². The third-order valence-corrected chi connectivity index (χ3v) is 2.85. The maximum Gasteiger partial charge on any atom is 0.151 e. The number of rotatable bonds is 5. The van der Waals surface area contributed by atoms with Gasteiger partial charge < -0.3 is 5.21 Å². The Kier molecular flexibility index (Phi) is 5.20. The second-order valence-electron chi connectivity index (χ2n) is 5.13. The molecule has 0 heterocycles. The Balaban J connectivity index is 2.66. The van der Waals surface area contributed by atoms with Crippen LogP contribution in [0.3, 0.4) is 0 Å². The summed E-state index contributed by atoms with van der Waals surface area (Å²) < 4.78 is 0.877. The highest BCUT2D eigenvalue weighted by Crippen LogP contribution is 2.15. The summed E-state index contributed by atoms with van der Waals surface area (Å²) in [4.78, 5) is 0. The van der Waals surface area contributed by atoms with Gasteiger partial charge in [0.1, 0.15) is 7.05 Å². The summed E-state index contributed by atoms with van der Waals surface area (Å²) in [6, 6.07) is 6.69. The fraction of sp³-hybridized carbons (Fsp3) is 0.533. The monoisotopic (exact) mass is 233 g/mol. The molecular formula is C15H23NO. The summed E-state index contributed by atoms with van der Waals surface area (Å²) in [5, 5.41) is 10.8. The molecule has 0 amide bonds. The molecule has 0 atom stereocenters. The van der Waals surface area contributed by atoms with E-state index in [0.717, 1.165) is 24.0 Å². The van der Waals surface area contributed by atoms with Gasteiger partial charge in [-0.05, 0) is 42.4 Å². The molecule has 0 saturated carbocycles. The highest BCUT2D eigenvalue weighted by molar-refractivity contribution is 5.52. The summed E-state index contributed by atoms with van der Waals surface area (Å²) >= 11 is 0. The van der Waals surface area contributed by atoms with Gasteiger partial charge in [0.2, 0.25) is 0 Å². The van der Waals surface area contributed by atoms with E-state index >= 15 is 0 Å². The first-order chi connectivity index (χ1) is 7.99. The minimum absolute atomic E-state index is 0.697. The van der Waals surface area contributed by atoms with Gasteiger partial charge in [0.05, 0.1) is 0 Å². The van der Waals surface area contributed by atoms with E-state index in [1.165, 1.54) is 23.7 Å². The van der Waals surface area contributed by atoms with Crippen LogP contribution in [-0.2, 0) is 12.8 Å². The first-order valence-electron chi connectivity index (χ1n) is 6.30. The number of benzene rings is 1. The largest absolute Gasteiger partial charge is 0.624 e. The maximum atomic E-state index is 10.8. The van der Waals surface area contributed by atoms with E-state index in [2.05, 4.69) is 39.0 Å². The summed E-state index contributed by atoms with van der Waals surface area (Å²) in [6.07, 6.45) is 4.57. The first kappa shape index (κ1) is 13.8. The molecule has 2 nitrogen and oxygen atoms in total. The molecule has 0 fully saturated rings. The van der Waals surface area contributed by atoms with Crippen molar-refractivity contribution < 1.29 is 4.74 Å². The Bertz CT molecular complexity index is 390. The van der Waals surface area contributed by atoms with E-state index in [1.54, 1.807) is 6.21 Å². The normalized spacial score (nSPS) is 12.2. The van der Waals surface area contributed by atoms with Crippen LogP contribution in [0.25, 0.3) is 0 Å². The molecule has 0 aromatic heterocycles. The van der Waals surface area contributed by atoms with Crippen molar-refractivity contribution in [2.24, 2.45) is 5.92 Å². The molecule has 0 bridgehead atoms. The van der Waals surface area contributed by atoms with E-state index in [-0.39, 0.29) is 0 Å². The van der Waals surface area contributed by atoms with Crippen LogP contribution in [0.4, 0.5) is 0 Å². The molecule has 0 aliphatic carbocycles. The second kappa shape index (κ2) is 6.43. The van der Waals surface area contributed by atoms with Crippen LogP contribution in [0.2, 0.25) is 0 Å². The molecule has 0 radical (unpaired) electrons. The third-order valence-electron chi connectivity index (χ3n) is 2.85. The second-order valence-corrected chi connectivity index (χ2v) is 5.13. The predicted molar refractivity (Wildman–Crippen MR) is 73.7 cm³/mol. The number of hydrogen-bond donors (Lipinski definition) is 0. The molecule has 17 heavy (non-hydrogen) atoms. The molecule has 1 aromatic carbocycles. The molecule has 0 unspecified atom stereocenters. The Hall–Kier alpha value is -1.31. The summed E-state index contributed by atoms with van der Waals surface area (Å²) in [5.74, 6) is 0.697. The summed E-state index contributed by atoms with van der Waals surface area (Å²) in [7, 11) is 1.53. The minimum Gasteiger partial charge on any atom is -0.624 e. The fourth-order valence-electron chi connectivity index (χ4n) is 2.04. The van der Waals surface area contributed by atoms with Gasteiger partial charge in [-0.1, -0.05) is 32.0 Å². The lowest BCUT2D eigenvalue weighted by molar-refractivity contribution is -0.418. The van der Waals surface area contributed by atoms with Crippen molar-refractivity contribution in [1.82, 2.24) is 0 Å². The maximum absolute atomic E-state index is 10.8. The lowest BCUT2D eigenvalue weighted by Crippen LogP contribution is -2.00. The molecule has 0 aliphatic rings. The molecular weight excluding hydrogens is 210 g/mol. The summed E-state index contributed by atoms with van der Waals surface area (Å²) in [6.45, 7) is 6.63. The van der Waals surface area contributed by atoms with Gasteiger partial charge in [0, 0.05) is 6.42 Å². The molecule has 0 aliphatic heterocycles. The van der Waals surface area contributed by atoms with Crippen molar-refractivity contribution in [3.8, 4) is 0 Å². The van der Waals surface area contributed by atoms with Crippen molar-refractivity contribution in [3.05, 3.63) is 40.1 Å². The zero-order valence-electron chi connectivity index (χ0n) is 11.4. The SMILES string of the molecule is Cc1cc(CC(C)C)ccc1CCC=[N+](C)[O-]. The van der Waals surface area contributed by atoms with Crippen LogP contribution in [-0.4, -0.2) is 18.0 Å². The highest BCUT2D eigenvalue weighted by Gasteiger charge is 2.02. The predicted octanol–water partition coefficient (Wildman–Crippen LogP) is 3.34. The van der Waals surface area contributed by atoms with Gasteiger partial charge in [-0.15, -0.1) is 0 Å². The molecule has 94 valence electrons. The van der Waals surface area contributed by atoms with Crippen molar-refractivity contribution in [3.63, 3.8) is 0 Å². The van der Waals surface area contributed by atoms with Crippen molar-refractivity contribution in [2.75, 3.05) is 7.05 Å². The Morgan fingerprint density at radius 2 is 2.06 bits per heavy atom. The van der Waals surface area contributed by atoms with Crippen LogP contribution in [0, 0.1) is 18.0 Å². The number of hydrogen-bond acceptors (Lipinski definition) is 1. The molecule has 2 heteroatoms. The topological polar surface area (TPSA) is 26.1 Å². The van der Waals surface area contributed by atoms with E-state index in [9.17, 15) is 5.21 Å². The highest BCUT2D eigenvalue weighted by atomic mass is 16.5. The van der Waals surface area contributed by atoms with Crippen LogP contribution in [0.15, 0.2) is 18.2 Å². The lowest BCUT2D eigenvalue weighted by atomic mass is 9.97. The van der Waals surface area contributed by atoms with E-state index < -0.39 is 0 Å². The Labute approximate surface area is 105 Å². The molecule has 0 saturated heterocycles. The number of aryl methyl sites for hydroxylation is 2. The molecule has 1 rings (SSSR count). The standard InChI is InChI=1S/C15H23NO/c1-12(2)10-14-7-8-15(13(3)11-14)6-5-9-16(4)17/h7-9,11-12H,5-6,10H2,1-4H3. The Morgan fingerprint density at radius 3 is 2.59 bits per heavy atom.